The number of hydrogen-bond acceptors (Lipinski definition) is 5. The van der Waals surface area contributed by atoms with E-state index in [1.807, 2.05) is 42.5 Å². The number of piperidine rings is 1. The Morgan fingerprint density at radius 2 is 1.86 bits per heavy atom. The van der Waals surface area contributed by atoms with Gasteiger partial charge in [-0.2, -0.15) is 13.2 Å². The van der Waals surface area contributed by atoms with Gasteiger partial charge >= 0.3 is 6.18 Å². The Hall–Kier alpha value is -3.68. The molecule has 3 heterocycles. The van der Waals surface area contributed by atoms with E-state index < -0.39 is 17.7 Å². The van der Waals surface area contributed by atoms with Crippen LogP contribution in [-0.2, 0) is 6.42 Å². The molecule has 8 heteroatoms. The Balaban J connectivity index is 1.21. The van der Waals surface area contributed by atoms with Crippen LogP contribution in [0.25, 0.3) is 0 Å². The van der Waals surface area contributed by atoms with Crippen molar-refractivity contribution in [2.24, 2.45) is 10.9 Å². The third-order valence-corrected chi connectivity index (χ3v) is 7.11. The highest BCUT2D eigenvalue weighted by atomic mass is 19.4. The SMILES string of the molecule is FC(F)(F)C1=CC2C(N3CCC(=CCc4ccc5c(c4)OCO5)CC3)=Nc3ccccc3N[C@H]2C=C1. The molecule has 1 fully saturated rings. The molecule has 0 bridgehead atoms. The first kappa shape index (κ1) is 22.8. The molecule has 3 aliphatic heterocycles. The molecule has 0 spiro atoms. The Kier molecular flexibility index (Phi) is 5.74. The van der Waals surface area contributed by atoms with E-state index in [1.165, 1.54) is 17.7 Å². The van der Waals surface area contributed by atoms with Crippen LogP contribution in [-0.4, -0.2) is 42.8 Å². The summed E-state index contributed by atoms with van der Waals surface area (Å²) in [5.74, 6) is 1.75. The number of amidine groups is 1. The Morgan fingerprint density at radius 3 is 2.69 bits per heavy atom. The summed E-state index contributed by atoms with van der Waals surface area (Å²) < 4.78 is 51.6. The number of fused-ring (bicyclic) bond motifs is 3. The lowest BCUT2D eigenvalue weighted by Gasteiger charge is -2.36. The number of likely N-dealkylation sites (tertiary alicyclic amines) is 1. The molecule has 4 aliphatic rings. The van der Waals surface area contributed by atoms with E-state index >= 15 is 0 Å². The third-order valence-electron chi connectivity index (χ3n) is 7.11. The van der Waals surface area contributed by atoms with Crippen molar-refractivity contribution >= 4 is 17.2 Å². The molecule has 5 nitrogen and oxygen atoms in total. The number of benzene rings is 2. The summed E-state index contributed by atoms with van der Waals surface area (Å²) in [5.41, 5.74) is 3.47. The lowest BCUT2D eigenvalue weighted by Crippen LogP contribution is -2.45. The number of allylic oxidation sites excluding steroid dienone is 3. The standard InChI is InChI=1S/C28H26F3N3O2/c29-28(30,31)20-8-9-22-21(16-20)27(33-24-4-2-1-3-23(24)32-22)34-13-11-18(12-14-34)5-6-19-7-10-25-26(15-19)36-17-35-25/h1-5,7-10,15-16,21-22,32H,6,11-14,17H2/t21?,22-/m0/s1. The average Bonchev–Trinajstić information content (AvgIpc) is 3.28. The maximum absolute atomic E-state index is 13.6. The van der Waals surface area contributed by atoms with Crippen LogP contribution >= 0.6 is 0 Å². The van der Waals surface area contributed by atoms with Gasteiger partial charge in [-0.3, -0.25) is 0 Å². The van der Waals surface area contributed by atoms with Crippen molar-refractivity contribution in [1.29, 1.82) is 0 Å². The van der Waals surface area contributed by atoms with Crippen LogP contribution in [0.1, 0.15) is 18.4 Å². The molecule has 6 rings (SSSR count). The van der Waals surface area contributed by atoms with Gasteiger partial charge in [-0.05, 0) is 49.1 Å². The van der Waals surface area contributed by atoms with Crippen molar-refractivity contribution in [3.63, 3.8) is 0 Å². The smallest absolute Gasteiger partial charge is 0.416 e. The maximum atomic E-state index is 13.6. The zero-order chi connectivity index (χ0) is 24.7. The minimum absolute atomic E-state index is 0.261. The Morgan fingerprint density at radius 1 is 1.06 bits per heavy atom. The number of nitrogens with one attached hydrogen (secondary N) is 1. The minimum Gasteiger partial charge on any atom is -0.454 e. The lowest BCUT2D eigenvalue weighted by molar-refractivity contribution is -0.0888. The van der Waals surface area contributed by atoms with Gasteiger partial charge in [0.25, 0.3) is 0 Å². The zero-order valence-electron chi connectivity index (χ0n) is 19.6. The quantitative estimate of drug-likeness (QED) is 0.508. The van der Waals surface area contributed by atoms with Crippen LogP contribution in [0.2, 0.25) is 0 Å². The molecular formula is C28H26F3N3O2. The zero-order valence-corrected chi connectivity index (χ0v) is 19.6. The van der Waals surface area contributed by atoms with Crippen molar-refractivity contribution in [2.75, 3.05) is 25.2 Å². The van der Waals surface area contributed by atoms with Crippen molar-refractivity contribution in [3.05, 3.63) is 83.5 Å². The first-order chi connectivity index (χ1) is 17.4. The number of rotatable bonds is 2. The van der Waals surface area contributed by atoms with Gasteiger partial charge in [-0.25, -0.2) is 4.99 Å². The fourth-order valence-corrected chi connectivity index (χ4v) is 5.15. The molecule has 2 aromatic carbocycles. The van der Waals surface area contributed by atoms with Crippen LogP contribution in [0.3, 0.4) is 0 Å². The van der Waals surface area contributed by atoms with Crippen molar-refractivity contribution in [2.45, 2.75) is 31.5 Å². The van der Waals surface area contributed by atoms with E-state index in [-0.39, 0.29) is 12.8 Å². The number of halogens is 3. The highest BCUT2D eigenvalue weighted by molar-refractivity contribution is 5.93. The summed E-state index contributed by atoms with van der Waals surface area (Å²) in [4.78, 5) is 7.06. The highest BCUT2D eigenvalue weighted by Gasteiger charge is 2.39. The largest absolute Gasteiger partial charge is 0.454 e. The van der Waals surface area contributed by atoms with E-state index in [4.69, 9.17) is 14.5 Å². The van der Waals surface area contributed by atoms with Crippen LogP contribution in [0.4, 0.5) is 24.5 Å². The second kappa shape index (κ2) is 9.08. The summed E-state index contributed by atoms with van der Waals surface area (Å²) >= 11 is 0. The molecule has 0 aromatic heterocycles. The summed E-state index contributed by atoms with van der Waals surface area (Å²) in [6, 6.07) is 13.3. The molecule has 1 unspecified atom stereocenters. The maximum Gasteiger partial charge on any atom is 0.416 e. The number of ether oxygens (including phenoxy) is 2. The molecular weight excluding hydrogens is 467 g/mol. The molecule has 1 saturated heterocycles. The predicted molar refractivity (Wildman–Crippen MR) is 133 cm³/mol. The average molecular weight is 494 g/mol. The fraction of sp³-hybridized carbons (Fsp3) is 0.321. The van der Waals surface area contributed by atoms with Crippen LogP contribution in [0.15, 0.2) is 82.9 Å². The van der Waals surface area contributed by atoms with Crippen LogP contribution in [0.5, 0.6) is 11.5 Å². The molecule has 36 heavy (non-hydrogen) atoms. The van der Waals surface area contributed by atoms with Gasteiger partial charge in [0.15, 0.2) is 11.5 Å². The van der Waals surface area contributed by atoms with Gasteiger partial charge in [0, 0.05) is 13.1 Å². The Labute approximate surface area is 207 Å². The first-order valence-electron chi connectivity index (χ1n) is 12.2. The minimum atomic E-state index is -4.39. The molecule has 2 atom stereocenters. The molecule has 186 valence electrons. The number of alkyl halides is 3. The molecule has 2 aromatic rings. The van der Waals surface area contributed by atoms with E-state index in [2.05, 4.69) is 16.3 Å². The second-order valence-corrected chi connectivity index (χ2v) is 9.40. The highest BCUT2D eigenvalue weighted by Crippen LogP contribution is 2.38. The van der Waals surface area contributed by atoms with E-state index in [1.54, 1.807) is 6.08 Å². The topological polar surface area (TPSA) is 46.1 Å². The van der Waals surface area contributed by atoms with Gasteiger partial charge in [-0.15, -0.1) is 0 Å². The molecule has 0 saturated carbocycles. The van der Waals surface area contributed by atoms with E-state index in [0.717, 1.165) is 60.8 Å². The van der Waals surface area contributed by atoms with Crippen LogP contribution < -0.4 is 14.8 Å². The summed E-state index contributed by atoms with van der Waals surface area (Å²) in [6.45, 7) is 1.70. The number of aliphatic imine (C=N–C) groups is 1. The second-order valence-electron chi connectivity index (χ2n) is 9.40. The predicted octanol–water partition coefficient (Wildman–Crippen LogP) is 6.18. The number of hydrogen-bond donors (Lipinski definition) is 1. The van der Waals surface area contributed by atoms with Gasteiger partial charge in [0.1, 0.15) is 5.84 Å². The summed E-state index contributed by atoms with van der Waals surface area (Å²) in [7, 11) is 0. The number of anilines is 1. The molecule has 1 N–H and O–H groups in total. The summed E-state index contributed by atoms with van der Waals surface area (Å²) in [6.07, 6.45) is 4.49. The third kappa shape index (κ3) is 4.47. The number of nitrogens with zero attached hydrogens (tertiary/aromatic N) is 2. The van der Waals surface area contributed by atoms with Crippen molar-refractivity contribution < 1.29 is 22.6 Å². The van der Waals surface area contributed by atoms with E-state index in [0.29, 0.717) is 5.84 Å². The monoisotopic (exact) mass is 493 g/mol. The van der Waals surface area contributed by atoms with Crippen molar-refractivity contribution in [3.8, 4) is 11.5 Å². The molecule has 0 radical (unpaired) electrons. The number of para-hydroxylation sites is 2. The van der Waals surface area contributed by atoms with Gasteiger partial charge < -0.3 is 19.7 Å². The normalized spacial score (nSPS) is 22.6. The lowest BCUT2D eigenvalue weighted by atomic mass is 9.88. The van der Waals surface area contributed by atoms with Crippen LogP contribution in [0, 0.1) is 5.92 Å². The Bertz CT molecular complexity index is 1290. The van der Waals surface area contributed by atoms with Gasteiger partial charge in [0.2, 0.25) is 6.79 Å². The fourth-order valence-electron chi connectivity index (χ4n) is 5.15. The van der Waals surface area contributed by atoms with Gasteiger partial charge in [0.05, 0.1) is 28.9 Å². The summed E-state index contributed by atoms with van der Waals surface area (Å²) in [5, 5.41) is 3.40. The molecule has 1 aliphatic carbocycles. The molecule has 0 amide bonds. The van der Waals surface area contributed by atoms with Gasteiger partial charge in [-0.1, -0.05) is 48.1 Å². The van der Waals surface area contributed by atoms with Crippen molar-refractivity contribution in [1.82, 2.24) is 4.90 Å². The first-order valence-corrected chi connectivity index (χ1v) is 12.2. The van der Waals surface area contributed by atoms with E-state index in [9.17, 15) is 13.2 Å².